The Morgan fingerprint density at radius 3 is 1.47 bits per heavy atom. The van der Waals surface area contributed by atoms with E-state index in [4.69, 9.17) is 11.6 Å². The zero-order chi connectivity index (χ0) is 31.8. The van der Waals surface area contributed by atoms with Crippen molar-refractivity contribution in [2.75, 3.05) is 0 Å². The van der Waals surface area contributed by atoms with Gasteiger partial charge in [-0.3, -0.25) is 0 Å². The largest absolute Gasteiger partial charge is 0.0837 e. The number of halogens is 1. The summed E-state index contributed by atoms with van der Waals surface area (Å²) < 4.78 is 0. The number of rotatable bonds is 7. The molecule has 0 bridgehead atoms. The molecule has 5 aromatic carbocycles. The van der Waals surface area contributed by atoms with Crippen LogP contribution in [0.5, 0.6) is 0 Å². The first-order chi connectivity index (χ1) is 23.2. The first-order valence-corrected chi connectivity index (χ1v) is 16.8. The monoisotopic (exact) mass is 624 g/mol. The van der Waals surface area contributed by atoms with Crippen LogP contribution in [0.1, 0.15) is 42.4 Å². The Bertz CT molecular complexity index is 1920. The molecule has 0 amide bonds. The van der Waals surface area contributed by atoms with Crippen molar-refractivity contribution in [3.05, 3.63) is 208 Å². The molecule has 0 nitrogen and oxygen atoms in total. The molecule has 0 fully saturated rings. The van der Waals surface area contributed by atoms with E-state index < -0.39 is 0 Å². The third-order valence-corrected chi connectivity index (χ3v) is 9.42. The summed E-state index contributed by atoms with van der Waals surface area (Å²) in [6.07, 6.45) is 17.5. The van der Waals surface area contributed by atoms with Crippen LogP contribution in [0.3, 0.4) is 0 Å². The fourth-order valence-corrected chi connectivity index (χ4v) is 6.78. The number of hydrogen-bond acceptors (Lipinski definition) is 0. The van der Waals surface area contributed by atoms with Gasteiger partial charge in [-0.25, -0.2) is 0 Å². The van der Waals surface area contributed by atoms with Gasteiger partial charge in [-0.05, 0) is 111 Å². The van der Waals surface area contributed by atoms with Crippen molar-refractivity contribution in [2.45, 2.75) is 25.7 Å². The molecule has 228 valence electrons. The van der Waals surface area contributed by atoms with Crippen LogP contribution in [0.25, 0.3) is 39.5 Å². The first kappa shape index (κ1) is 30.5. The van der Waals surface area contributed by atoms with Gasteiger partial charge < -0.3 is 0 Å². The summed E-state index contributed by atoms with van der Waals surface area (Å²) in [4.78, 5) is 0. The second-order valence-electron chi connectivity index (χ2n) is 12.2. The number of hydrogen-bond donors (Lipinski definition) is 0. The molecule has 0 atom stereocenters. The van der Waals surface area contributed by atoms with Gasteiger partial charge in [0.25, 0.3) is 0 Å². The van der Waals surface area contributed by atoms with E-state index in [0.717, 1.165) is 30.7 Å². The minimum Gasteiger partial charge on any atom is -0.0837 e. The predicted octanol–water partition coefficient (Wildman–Crippen LogP) is 13.1. The molecule has 47 heavy (non-hydrogen) atoms. The lowest BCUT2D eigenvalue weighted by molar-refractivity contribution is 0.792. The lowest BCUT2D eigenvalue weighted by Gasteiger charge is -2.19. The summed E-state index contributed by atoms with van der Waals surface area (Å²) in [6.45, 7) is 0. The lowest BCUT2D eigenvalue weighted by atomic mass is 9.87. The van der Waals surface area contributed by atoms with E-state index in [-0.39, 0.29) is 0 Å². The minimum atomic E-state index is 0.877. The van der Waals surface area contributed by atoms with Crippen molar-refractivity contribution in [1.29, 1.82) is 0 Å². The zero-order valence-corrected chi connectivity index (χ0v) is 27.2. The molecule has 5 aromatic rings. The van der Waals surface area contributed by atoms with Gasteiger partial charge >= 0.3 is 0 Å². The Hall–Kier alpha value is -5.17. The first-order valence-electron chi connectivity index (χ1n) is 16.5. The highest BCUT2D eigenvalue weighted by molar-refractivity contribution is 6.32. The van der Waals surface area contributed by atoms with Crippen LogP contribution in [-0.2, 0) is 0 Å². The fraction of sp³-hybridized carbons (Fsp3) is 0.0870. The maximum atomic E-state index is 7.14. The summed E-state index contributed by atoms with van der Waals surface area (Å²) >= 11 is 7.14. The van der Waals surface area contributed by atoms with Crippen LogP contribution in [0.2, 0.25) is 0 Å². The maximum absolute atomic E-state index is 7.14. The van der Waals surface area contributed by atoms with Crippen molar-refractivity contribution in [3.8, 4) is 22.3 Å². The molecule has 0 saturated heterocycles. The molecule has 0 aliphatic heterocycles. The van der Waals surface area contributed by atoms with Gasteiger partial charge in [0.15, 0.2) is 0 Å². The topological polar surface area (TPSA) is 0 Å². The van der Waals surface area contributed by atoms with E-state index in [0.29, 0.717) is 0 Å². The molecule has 0 unspecified atom stereocenters. The van der Waals surface area contributed by atoms with Crippen molar-refractivity contribution in [1.82, 2.24) is 0 Å². The highest BCUT2D eigenvalue weighted by Gasteiger charge is 2.16. The molecule has 1 heteroatoms. The van der Waals surface area contributed by atoms with E-state index in [9.17, 15) is 0 Å². The molecule has 0 saturated carbocycles. The van der Waals surface area contributed by atoms with Gasteiger partial charge in [-0.15, -0.1) is 0 Å². The summed E-state index contributed by atoms with van der Waals surface area (Å²) in [7, 11) is 0. The van der Waals surface area contributed by atoms with Gasteiger partial charge in [-0.1, -0.05) is 169 Å². The molecule has 7 rings (SSSR count). The molecule has 0 aromatic heterocycles. The Morgan fingerprint density at radius 1 is 0.468 bits per heavy atom. The second kappa shape index (κ2) is 14.5. The maximum Gasteiger partial charge on any atom is 0.0469 e. The molecule has 0 spiro atoms. The average Bonchev–Trinajstić information content (AvgIpc) is 3.15. The van der Waals surface area contributed by atoms with E-state index in [2.05, 4.69) is 176 Å². The Kier molecular flexibility index (Phi) is 9.41. The lowest BCUT2D eigenvalue weighted by Crippen LogP contribution is -1.98. The van der Waals surface area contributed by atoms with Crippen LogP contribution < -0.4 is 0 Å². The van der Waals surface area contributed by atoms with Gasteiger partial charge in [0, 0.05) is 5.03 Å². The summed E-state index contributed by atoms with van der Waals surface area (Å²) in [5, 5.41) is 0.877. The predicted molar refractivity (Wildman–Crippen MR) is 203 cm³/mol. The van der Waals surface area contributed by atoms with Gasteiger partial charge in [0.1, 0.15) is 0 Å². The van der Waals surface area contributed by atoms with Crippen LogP contribution >= 0.6 is 11.6 Å². The number of allylic oxidation sites excluding steroid dienone is 11. The Morgan fingerprint density at radius 2 is 0.957 bits per heavy atom. The Labute approximate surface area is 284 Å². The molecule has 0 heterocycles. The van der Waals surface area contributed by atoms with E-state index in [1.165, 1.54) is 66.8 Å². The Balaban J connectivity index is 1.21. The molecular formula is C46H37Cl. The second-order valence-corrected chi connectivity index (χ2v) is 12.6. The van der Waals surface area contributed by atoms with Gasteiger partial charge in [0.05, 0.1) is 0 Å². The minimum absolute atomic E-state index is 0.877. The third-order valence-electron chi connectivity index (χ3n) is 8.93. The van der Waals surface area contributed by atoms with Crippen molar-refractivity contribution in [2.24, 2.45) is 0 Å². The average molecular weight is 625 g/mol. The van der Waals surface area contributed by atoms with Crippen LogP contribution in [0.15, 0.2) is 192 Å². The fourth-order valence-electron chi connectivity index (χ4n) is 6.47. The highest BCUT2D eigenvalue weighted by atomic mass is 35.5. The van der Waals surface area contributed by atoms with Crippen LogP contribution in [0, 0.1) is 0 Å². The third kappa shape index (κ3) is 7.46. The molecular weight excluding hydrogens is 588 g/mol. The molecule has 0 radical (unpaired) electrons. The summed E-state index contributed by atoms with van der Waals surface area (Å²) in [5.41, 5.74) is 14.8. The highest BCUT2D eigenvalue weighted by Crippen LogP contribution is 2.37. The van der Waals surface area contributed by atoms with Gasteiger partial charge in [-0.2, -0.15) is 0 Å². The quantitative estimate of drug-likeness (QED) is 0.169. The van der Waals surface area contributed by atoms with Crippen molar-refractivity contribution in [3.63, 3.8) is 0 Å². The summed E-state index contributed by atoms with van der Waals surface area (Å²) in [6, 6.07) is 49.5. The van der Waals surface area contributed by atoms with Crippen LogP contribution in [-0.4, -0.2) is 0 Å². The standard InChI is InChI=1S/C46H37Cl/c47-46-40(26-24-34-28-42(36-14-5-1-6-15-36)32-43(29-34)37-16-7-2-8-17-37)22-13-23-41(46)27-25-35-30-44(38-18-9-3-10-19-38)33-45(31-35)39-20-11-4-12-21-39/h1-12,14-21,24-32H,13,22-23,33H2/b26-24-,41-27+. The van der Waals surface area contributed by atoms with Crippen molar-refractivity contribution < 1.29 is 0 Å². The van der Waals surface area contributed by atoms with E-state index in [1.54, 1.807) is 0 Å². The van der Waals surface area contributed by atoms with E-state index >= 15 is 0 Å². The molecule has 0 N–H and O–H groups in total. The SMILES string of the molecule is ClC1=C(/C=C\c2cc(-c3ccccc3)cc(-c3ccccc3)c2)CCC/C1=C\C=C1C=C(c2ccccc2)CC(c2ccccc2)=C1. The zero-order valence-electron chi connectivity index (χ0n) is 26.4. The van der Waals surface area contributed by atoms with Gasteiger partial charge in [0.2, 0.25) is 0 Å². The van der Waals surface area contributed by atoms with Crippen LogP contribution in [0.4, 0.5) is 0 Å². The number of benzene rings is 5. The summed E-state index contributed by atoms with van der Waals surface area (Å²) in [5.74, 6) is 0. The smallest absolute Gasteiger partial charge is 0.0469 e. The van der Waals surface area contributed by atoms with E-state index in [1.807, 2.05) is 0 Å². The molecule has 2 aliphatic carbocycles. The molecule has 2 aliphatic rings. The normalized spacial score (nSPS) is 15.9. The van der Waals surface area contributed by atoms with Crippen molar-refractivity contribution >= 4 is 28.8 Å².